The highest BCUT2D eigenvalue weighted by Crippen LogP contribution is 2.22. The molecule has 0 unspecified atom stereocenters. The Balaban J connectivity index is 1.79. The van der Waals surface area contributed by atoms with Gasteiger partial charge in [0.25, 0.3) is 0 Å². The number of unbranched alkanes of at least 4 members (excludes halogenated alkanes) is 3. The highest BCUT2D eigenvalue weighted by Gasteiger charge is 2.14. The zero-order chi connectivity index (χ0) is 21.3. The molecule has 0 atom stereocenters. The number of pyridine rings is 1. The van der Waals surface area contributed by atoms with Gasteiger partial charge in [0.1, 0.15) is 5.82 Å². The second-order valence-electron chi connectivity index (χ2n) is 7.56. The van der Waals surface area contributed by atoms with Gasteiger partial charge < -0.3 is 5.11 Å². The van der Waals surface area contributed by atoms with Gasteiger partial charge in [0.15, 0.2) is 5.82 Å². The molecule has 0 spiro atoms. The number of hydrogen-bond acceptors (Lipinski definition) is 4. The number of aryl methyl sites for hydroxylation is 2. The second kappa shape index (κ2) is 10.7. The van der Waals surface area contributed by atoms with E-state index in [4.69, 9.17) is 10.1 Å². The Morgan fingerprint density at radius 2 is 1.80 bits per heavy atom. The van der Waals surface area contributed by atoms with E-state index in [0.29, 0.717) is 12.1 Å². The van der Waals surface area contributed by atoms with Crippen molar-refractivity contribution in [3.8, 4) is 11.3 Å². The predicted octanol–water partition coefficient (Wildman–Crippen LogP) is 5.16. The summed E-state index contributed by atoms with van der Waals surface area (Å²) in [5, 5.41) is 14.1. The molecule has 0 aliphatic carbocycles. The van der Waals surface area contributed by atoms with Crippen LogP contribution in [0.1, 0.15) is 73.5 Å². The van der Waals surface area contributed by atoms with E-state index in [0.717, 1.165) is 55.0 Å². The van der Waals surface area contributed by atoms with Crippen LogP contribution in [0.15, 0.2) is 42.6 Å². The number of aromatic nitrogens is 4. The molecule has 0 radical (unpaired) electrons. The standard InChI is InChI=1S/C24H30N4O2/c1-3-5-7-16-28-22(26-21(27-28)10-6-4-2)17-18-11-13-19(14-12-18)23-20(24(29)30)9-8-15-25-23/h8-9,11-15H,3-7,10,16-17H2,1-2H3,(H,29,30). The molecule has 0 saturated carbocycles. The Hall–Kier alpha value is -3.02. The molecule has 0 saturated heterocycles. The molecule has 3 rings (SSSR count). The maximum Gasteiger partial charge on any atom is 0.337 e. The smallest absolute Gasteiger partial charge is 0.337 e. The highest BCUT2D eigenvalue weighted by molar-refractivity contribution is 5.94. The largest absolute Gasteiger partial charge is 0.478 e. The summed E-state index contributed by atoms with van der Waals surface area (Å²) < 4.78 is 2.07. The summed E-state index contributed by atoms with van der Waals surface area (Å²) in [6.45, 7) is 5.28. The Morgan fingerprint density at radius 1 is 1.03 bits per heavy atom. The Labute approximate surface area is 178 Å². The summed E-state index contributed by atoms with van der Waals surface area (Å²) in [7, 11) is 0. The minimum absolute atomic E-state index is 0.210. The lowest BCUT2D eigenvalue weighted by molar-refractivity contribution is 0.0697. The average Bonchev–Trinajstić information content (AvgIpc) is 3.14. The summed E-state index contributed by atoms with van der Waals surface area (Å²) in [6, 6.07) is 11.1. The van der Waals surface area contributed by atoms with E-state index in [1.165, 1.54) is 12.8 Å². The van der Waals surface area contributed by atoms with Crippen molar-refractivity contribution in [3.63, 3.8) is 0 Å². The lowest BCUT2D eigenvalue weighted by Crippen LogP contribution is -2.07. The van der Waals surface area contributed by atoms with Crippen LogP contribution in [0.5, 0.6) is 0 Å². The van der Waals surface area contributed by atoms with Crippen molar-refractivity contribution in [2.45, 2.75) is 65.3 Å². The molecule has 0 fully saturated rings. The molecule has 3 aromatic rings. The number of carboxylic acids is 1. The molecule has 0 aliphatic rings. The van der Waals surface area contributed by atoms with Gasteiger partial charge in [0.2, 0.25) is 0 Å². The summed E-state index contributed by atoms with van der Waals surface area (Å²) in [6.07, 6.45) is 8.95. The fraction of sp³-hybridized carbons (Fsp3) is 0.417. The van der Waals surface area contributed by atoms with Gasteiger partial charge in [-0.1, -0.05) is 57.4 Å². The quantitative estimate of drug-likeness (QED) is 0.445. The van der Waals surface area contributed by atoms with Crippen LogP contribution in [-0.4, -0.2) is 30.8 Å². The van der Waals surface area contributed by atoms with Crippen molar-refractivity contribution in [1.29, 1.82) is 0 Å². The molecule has 2 aromatic heterocycles. The van der Waals surface area contributed by atoms with Crippen LogP contribution in [-0.2, 0) is 19.4 Å². The van der Waals surface area contributed by atoms with E-state index in [-0.39, 0.29) is 5.56 Å². The topological polar surface area (TPSA) is 80.9 Å². The SMILES string of the molecule is CCCCCn1nc(CCCC)nc1Cc1ccc(-c2ncccc2C(=O)O)cc1. The van der Waals surface area contributed by atoms with Crippen LogP contribution in [0.4, 0.5) is 0 Å². The molecule has 0 bridgehead atoms. The molecule has 6 heteroatoms. The number of rotatable bonds is 11. The Bertz CT molecular complexity index is 964. The number of hydrogen-bond donors (Lipinski definition) is 1. The van der Waals surface area contributed by atoms with Gasteiger partial charge in [-0.2, -0.15) is 5.10 Å². The Morgan fingerprint density at radius 3 is 2.50 bits per heavy atom. The van der Waals surface area contributed by atoms with E-state index >= 15 is 0 Å². The third kappa shape index (κ3) is 5.53. The summed E-state index contributed by atoms with van der Waals surface area (Å²) in [4.78, 5) is 20.5. The van der Waals surface area contributed by atoms with E-state index < -0.39 is 5.97 Å². The minimum atomic E-state index is -0.970. The van der Waals surface area contributed by atoms with E-state index in [1.54, 1.807) is 18.3 Å². The minimum Gasteiger partial charge on any atom is -0.478 e. The summed E-state index contributed by atoms with van der Waals surface area (Å²) >= 11 is 0. The number of benzene rings is 1. The summed E-state index contributed by atoms with van der Waals surface area (Å²) in [5.41, 5.74) is 2.62. The fourth-order valence-corrected chi connectivity index (χ4v) is 3.46. The van der Waals surface area contributed by atoms with Gasteiger partial charge in [0.05, 0.1) is 11.3 Å². The first-order valence-electron chi connectivity index (χ1n) is 10.8. The molecule has 1 N–H and O–H groups in total. The van der Waals surface area contributed by atoms with Crippen molar-refractivity contribution < 1.29 is 9.90 Å². The van der Waals surface area contributed by atoms with E-state index in [1.807, 2.05) is 24.3 Å². The van der Waals surface area contributed by atoms with E-state index in [9.17, 15) is 9.90 Å². The normalized spacial score (nSPS) is 11.0. The number of aromatic carboxylic acids is 1. The average molecular weight is 407 g/mol. The lowest BCUT2D eigenvalue weighted by atomic mass is 10.0. The van der Waals surface area contributed by atoms with Gasteiger partial charge >= 0.3 is 5.97 Å². The molecule has 30 heavy (non-hydrogen) atoms. The molecular formula is C24H30N4O2. The van der Waals surface area contributed by atoms with Crippen LogP contribution in [0, 0.1) is 0 Å². The van der Waals surface area contributed by atoms with Crippen LogP contribution < -0.4 is 0 Å². The highest BCUT2D eigenvalue weighted by atomic mass is 16.4. The first kappa shape index (κ1) is 21.7. The lowest BCUT2D eigenvalue weighted by Gasteiger charge is -2.08. The number of carboxylic acid groups (broad SMARTS) is 1. The monoisotopic (exact) mass is 406 g/mol. The number of carbonyl (C=O) groups is 1. The van der Waals surface area contributed by atoms with Crippen molar-refractivity contribution in [3.05, 3.63) is 65.4 Å². The number of nitrogens with zero attached hydrogens (tertiary/aromatic N) is 4. The maximum atomic E-state index is 11.5. The molecule has 0 aliphatic heterocycles. The van der Waals surface area contributed by atoms with Crippen molar-refractivity contribution in [1.82, 2.24) is 19.7 Å². The van der Waals surface area contributed by atoms with E-state index in [2.05, 4.69) is 23.5 Å². The van der Waals surface area contributed by atoms with Crippen molar-refractivity contribution >= 4 is 5.97 Å². The zero-order valence-electron chi connectivity index (χ0n) is 17.8. The van der Waals surface area contributed by atoms with Crippen LogP contribution in [0.2, 0.25) is 0 Å². The molecule has 0 amide bonds. The Kier molecular flexibility index (Phi) is 7.71. The first-order valence-corrected chi connectivity index (χ1v) is 10.8. The molecule has 1 aromatic carbocycles. The van der Waals surface area contributed by atoms with Gasteiger partial charge in [0, 0.05) is 31.1 Å². The van der Waals surface area contributed by atoms with Gasteiger partial charge in [-0.25, -0.2) is 14.5 Å². The van der Waals surface area contributed by atoms with Crippen molar-refractivity contribution in [2.24, 2.45) is 0 Å². The molecule has 2 heterocycles. The summed E-state index contributed by atoms with van der Waals surface area (Å²) in [5.74, 6) is 0.954. The van der Waals surface area contributed by atoms with Crippen LogP contribution >= 0.6 is 0 Å². The predicted molar refractivity (Wildman–Crippen MR) is 118 cm³/mol. The molecule has 158 valence electrons. The third-order valence-electron chi connectivity index (χ3n) is 5.15. The fourth-order valence-electron chi connectivity index (χ4n) is 3.46. The maximum absolute atomic E-state index is 11.5. The molecular weight excluding hydrogens is 376 g/mol. The van der Waals surface area contributed by atoms with Crippen LogP contribution in [0.25, 0.3) is 11.3 Å². The van der Waals surface area contributed by atoms with Crippen LogP contribution in [0.3, 0.4) is 0 Å². The first-order chi connectivity index (χ1) is 14.6. The van der Waals surface area contributed by atoms with Gasteiger partial charge in [-0.15, -0.1) is 0 Å². The second-order valence-corrected chi connectivity index (χ2v) is 7.56. The molecule has 6 nitrogen and oxygen atoms in total. The van der Waals surface area contributed by atoms with Crippen molar-refractivity contribution in [2.75, 3.05) is 0 Å². The zero-order valence-corrected chi connectivity index (χ0v) is 17.8. The van der Waals surface area contributed by atoms with Gasteiger partial charge in [-0.3, -0.25) is 4.98 Å². The third-order valence-corrected chi connectivity index (χ3v) is 5.15. The van der Waals surface area contributed by atoms with Gasteiger partial charge in [-0.05, 0) is 30.5 Å².